The Hall–Kier alpha value is -3.12. The Kier molecular flexibility index (Phi) is 5.04. The van der Waals surface area contributed by atoms with E-state index in [1.807, 2.05) is 0 Å². The molecule has 0 spiro atoms. The zero-order valence-electron chi connectivity index (χ0n) is 13.8. The molecule has 0 radical (unpaired) electrons. The van der Waals surface area contributed by atoms with Crippen LogP contribution in [0.15, 0.2) is 53.1 Å². The van der Waals surface area contributed by atoms with Crippen LogP contribution < -0.4 is 5.32 Å². The SMILES string of the molecule is Cc1onc(-c2ccccc2Cl)c1C(=O)NCc1ccc(C(=O)O)cc1. The van der Waals surface area contributed by atoms with Gasteiger partial charge in [-0.3, -0.25) is 4.79 Å². The van der Waals surface area contributed by atoms with Crippen LogP contribution in [-0.4, -0.2) is 22.1 Å². The molecule has 2 N–H and O–H groups in total. The zero-order chi connectivity index (χ0) is 18.7. The van der Waals surface area contributed by atoms with Crippen LogP contribution in [0.25, 0.3) is 11.3 Å². The van der Waals surface area contributed by atoms with Crippen molar-refractivity contribution in [2.45, 2.75) is 13.5 Å². The van der Waals surface area contributed by atoms with E-state index >= 15 is 0 Å². The molecule has 1 aromatic heterocycles. The van der Waals surface area contributed by atoms with E-state index in [4.69, 9.17) is 21.2 Å². The number of carboxylic acid groups (broad SMARTS) is 1. The fraction of sp³-hybridized carbons (Fsp3) is 0.105. The number of nitrogens with zero attached hydrogens (tertiary/aromatic N) is 1. The summed E-state index contributed by atoms with van der Waals surface area (Å²) in [6.45, 7) is 1.90. The van der Waals surface area contributed by atoms with Crippen molar-refractivity contribution in [1.29, 1.82) is 0 Å². The highest BCUT2D eigenvalue weighted by Gasteiger charge is 2.22. The summed E-state index contributed by atoms with van der Waals surface area (Å²) in [5.41, 5.74) is 2.28. The fourth-order valence-electron chi connectivity index (χ4n) is 2.51. The molecule has 0 aliphatic rings. The third-order valence-corrected chi connectivity index (χ3v) is 4.20. The summed E-state index contributed by atoms with van der Waals surface area (Å²) in [5, 5.41) is 16.1. The molecule has 6 nitrogen and oxygen atoms in total. The summed E-state index contributed by atoms with van der Waals surface area (Å²) in [4.78, 5) is 23.5. The third kappa shape index (κ3) is 3.60. The maximum absolute atomic E-state index is 12.6. The summed E-state index contributed by atoms with van der Waals surface area (Å²) in [5.74, 6) is -0.954. The topological polar surface area (TPSA) is 92.4 Å². The number of halogens is 1. The molecule has 2 aromatic carbocycles. The van der Waals surface area contributed by atoms with Gasteiger partial charge < -0.3 is 14.9 Å². The van der Waals surface area contributed by atoms with Crippen LogP contribution in [0.5, 0.6) is 0 Å². The number of amides is 1. The number of nitrogens with one attached hydrogen (secondary N) is 1. The average molecular weight is 371 g/mol. The number of hydrogen-bond acceptors (Lipinski definition) is 4. The number of aryl methyl sites for hydroxylation is 1. The quantitative estimate of drug-likeness (QED) is 0.709. The molecule has 0 saturated carbocycles. The largest absolute Gasteiger partial charge is 0.478 e. The Morgan fingerprint density at radius 1 is 1.15 bits per heavy atom. The van der Waals surface area contributed by atoms with Gasteiger partial charge in [-0.2, -0.15) is 0 Å². The minimum Gasteiger partial charge on any atom is -0.478 e. The molecule has 0 unspecified atom stereocenters. The number of carboxylic acids is 1. The van der Waals surface area contributed by atoms with E-state index in [0.717, 1.165) is 5.56 Å². The molecule has 7 heteroatoms. The van der Waals surface area contributed by atoms with Gasteiger partial charge in [-0.15, -0.1) is 0 Å². The van der Waals surface area contributed by atoms with Crippen molar-refractivity contribution in [3.8, 4) is 11.3 Å². The van der Waals surface area contributed by atoms with E-state index in [1.165, 1.54) is 12.1 Å². The monoisotopic (exact) mass is 370 g/mol. The van der Waals surface area contributed by atoms with E-state index in [1.54, 1.807) is 43.3 Å². The number of aromatic carboxylic acids is 1. The molecule has 3 rings (SSSR count). The normalized spacial score (nSPS) is 10.5. The van der Waals surface area contributed by atoms with E-state index in [0.29, 0.717) is 27.6 Å². The average Bonchev–Trinajstić information content (AvgIpc) is 3.02. The maximum Gasteiger partial charge on any atom is 0.335 e. The van der Waals surface area contributed by atoms with Gasteiger partial charge in [-0.1, -0.05) is 47.1 Å². The molecule has 0 aliphatic heterocycles. The minimum absolute atomic E-state index is 0.191. The number of hydrogen-bond donors (Lipinski definition) is 2. The van der Waals surface area contributed by atoms with Gasteiger partial charge in [0.1, 0.15) is 17.0 Å². The number of aromatic nitrogens is 1. The molecule has 0 fully saturated rings. The van der Waals surface area contributed by atoms with Gasteiger partial charge in [0.15, 0.2) is 0 Å². The van der Waals surface area contributed by atoms with E-state index in [-0.39, 0.29) is 18.0 Å². The first kappa shape index (κ1) is 17.7. The van der Waals surface area contributed by atoms with Crippen molar-refractivity contribution in [2.75, 3.05) is 0 Å². The Balaban J connectivity index is 1.79. The van der Waals surface area contributed by atoms with Gasteiger partial charge in [-0.25, -0.2) is 4.79 Å². The molecule has 1 amide bonds. The lowest BCUT2D eigenvalue weighted by Crippen LogP contribution is -2.23. The highest BCUT2D eigenvalue weighted by atomic mass is 35.5. The summed E-state index contributed by atoms with van der Waals surface area (Å²) < 4.78 is 5.19. The van der Waals surface area contributed by atoms with E-state index in [9.17, 15) is 9.59 Å². The number of benzene rings is 2. The second-order valence-corrected chi connectivity index (χ2v) is 6.03. The van der Waals surface area contributed by atoms with Crippen molar-refractivity contribution < 1.29 is 19.2 Å². The second-order valence-electron chi connectivity index (χ2n) is 5.63. The molecule has 1 heterocycles. The molecular weight excluding hydrogens is 356 g/mol. The van der Waals surface area contributed by atoms with Crippen molar-refractivity contribution in [3.63, 3.8) is 0 Å². The lowest BCUT2D eigenvalue weighted by atomic mass is 10.1. The maximum atomic E-state index is 12.6. The summed E-state index contributed by atoms with van der Waals surface area (Å²) in [6.07, 6.45) is 0. The highest BCUT2D eigenvalue weighted by Crippen LogP contribution is 2.30. The van der Waals surface area contributed by atoms with Crippen molar-refractivity contribution in [1.82, 2.24) is 10.5 Å². The molecule has 132 valence electrons. The lowest BCUT2D eigenvalue weighted by molar-refractivity contribution is 0.0696. The van der Waals surface area contributed by atoms with Crippen LogP contribution in [0.2, 0.25) is 5.02 Å². The van der Waals surface area contributed by atoms with Gasteiger partial charge in [0.05, 0.1) is 10.6 Å². The first-order valence-corrected chi connectivity index (χ1v) is 8.16. The molecular formula is C19H15ClN2O4. The van der Waals surface area contributed by atoms with Crippen LogP contribution in [-0.2, 0) is 6.54 Å². The molecule has 0 saturated heterocycles. The molecule has 3 aromatic rings. The van der Waals surface area contributed by atoms with Gasteiger partial charge in [0, 0.05) is 12.1 Å². The van der Waals surface area contributed by atoms with Crippen LogP contribution >= 0.6 is 11.6 Å². The standard InChI is InChI=1S/C19H15ClN2O4/c1-11-16(17(22-26-11)14-4-2-3-5-15(14)20)18(23)21-10-12-6-8-13(9-7-12)19(24)25/h2-9H,10H2,1H3,(H,21,23)(H,24,25). The minimum atomic E-state index is -0.995. The molecule has 0 atom stereocenters. The fourth-order valence-corrected chi connectivity index (χ4v) is 2.74. The van der Waals surface area contributed by atoms with E-state index < -0.39 is 5.97 Å². The number of carbonyl (C=O) groups excluding carboxylic acids is 1. The van der Waals surface area contributed by atoms with Crippen molar-refractivity contribution in [2.24, 2.45) is 0 Å². The van der Waals surface area contributed by atoms with Crippen LogP contribution in [0.3, 0.4) is 0 Å². The third-order valence-electron chi connectivity index (χ3n) is 3.87. The first-order chi connectivity index (χ1) is 12.5. The summed E-state index contributed by atoms with van der Waals surface area (Å²) in [6, 6.07) is 13.4. The highest BCUT2D eigenvalue weighted by molar-refractivity contribution is 6.33. The molecule has 0 aliphatic carbocycles. The van der Waals surface area contributed by atoms with Gasteiger partial charge in [-0.05, 0) is 30.7 Å². The Labute approximate surface area is 154 Å². The predicted octanol–water partition coefficient (Wildman–Crippen LogP) is 3.93. The Bertz CT molecular complexity index is 964. The molecule has 0 bridgehead atoms. The smallest absolute Gasteiger partial charge is 0.335 e. The Morgan fingerprint density at radius 3 is 2.50 bits per heavy atom. The lowest BCUT2D eigenvalue weighted by Gasteiger charge is -2.07. The summed E-state index contributed by atoms with van der Waals surface area (Å²) in [7, 11) is 0. The van der Waals surface area contributed by atoms with Crippen molar-refractivity contribution >= 4 is 23.5 Å². The van der Waals surface area contributed by atoms with E-state index in [2.05, 4.69) is 10.5 Å². The van der Waals surface area contributed by atoms with Crippen LogP contribution in [0.4, 0.5) is 0 Å². The predicted molar refractivity (Wildman–Crippen MR) is 96.3 cm³/mol. The van der Waals surface area contributed by atoms with Crippen LogP contribution in [0, 0.1) is 6.92 Å². The van der Waals surface area contributed by atoms with Gasteiger partial charge >= 0.3 is 5.97 Å². The zero-order valence-corrected chi connectivity index (χ0v) is 14.6. The van der Waals surface area contributed by atoms with Gasteiger partial charge in [0.2, 0.25) is 0 Å². The van der Waals surface area contributed by atoms with Crippen molar-refractivity contribution in [3.05, 3.63) is 76.0 Å². The Morgan fingerprint density at radius 2 is 1.85 bits per heavy atom. The number of rotatable bonds is 5. The molecule has 26 heavy (non-hydrogen) atoms. The van der Waals surface area contributed by atoms with Crippen LogP contribution in [0.1, 0.15) is 32.0 Å². The van der Waals surface area contributed by atoms with Gasteiger partial charge in [0.25, 0.3) is 5.91 Å². The second kappa shape index (κ2) is 7.41. The first-order valence-electron chi connectivity index (χ1n) is 7.79. The number of carbonyl (C=O) groups is 2. The summed E-state index contributed by atoms with van der Waals surface area (Å²) >= 11 is 6.20.